The van der Waals surface area contributed by atoms with Crippen molar-refractivity contribution in [3.63, 3.8) is 0 Å². The van der Waals surface area contributed by atoms with Gasteiger partial charge in [0.2, 0.25) is 10.0 Å². The van der Waals surface area contributed by atoms with Gasteiger partial charge in [0.05, 0.1) is 30.4 Å². The molecular weight excluding hydrogens is 491 g/mol. The fourth-order valence-electron chi connectivity index (χ4n) is 3.59. The summed E-state index contributed by atoms with van der Waals surface area (Å²) >= 11 is 12.0. The second-order valence-electron chi connectivity index (χ2n) is 7.72. The molecule has 0 aromatic heterocycles. The second kappa shape index (κ2) is 11.6. The van der Waals surface area contributed by atoms with Gasteiger partial charge in [-0.25, -0.2) is 13.1 Å². The van der Waals surface area contributed by atoms with Gasteiger partial charge >= 0.3 is 0 Å². The second-order valence-corrected chi connectivity index (χ2v) is 10.3. The smallest absolute Gasteiger partial charge is 0.244 e. The summed E-state index contributed by atoms with van der Waals surface area (Å²) in [6, 6.07) is 9.70. The molecule has 0 bridgehead atoms. The van der Waals surface area contributed by atoms with Crippen LogP contribution < -0.4 is 18.9 Å². The Hall–Kier alpha value is -1.75. The highest BCUT2D eigenvalue weighted by Crippen LogP contribution is 2.29. The summed E-state index contributed by atoms with van der Waals surface area (Å²) in [5.74, 6) is 1.26. The van der Waals surface area contributed by atoms with Crippen molar-refractivity contribution < 1.29 is 27.7 Å². The van der Waals surface area contributed by atoms with Gasteiger partial charge in [0, 0.05) is 38.3 Å². The third-order valence-electron chi connectivity index (χ3n) is 5.37. The largest absolute Gasteiger partial charge is 0.497 e. The van der Waals surface area contributed by atoms with Crippen molar-refractivity contribution in [3.8, 4) is 17.2 Å². The Balaban J connectivity index is 1.48. The average molecular weight is 519 g/mol. The van der Waals surface area contributed by atoms with Gasteiger partial charge < -0.3 is 24.2 Å². The molecule has 1 atom stereocenters. The third kappa shape index (κ3) is 7.11. The molecule has 182 valence electrons. The lowest BCUT2D eigenvalue weighted by Gasteiger charge is -2.33. The Labute approximate surface area is 204 Å². The number of hydrogen-bond acceptors (Lipinski definition) is 7. The highest BCUT2D eigenvalue weighted by atomic mass is 35.5. The summed E-state index contributed by atoms with van der Waals surface area (Å²) < 4.78 is 44.2. The van der Waals surface area contributed by atoms with Crippen molar-refractivity contribution in [2.45, 2.75) is 29.9 Å². The number of hydrogen-bond donors (Lipinski definition) is 2. The lowest BCUT2D eigenvalue weighted by atomic mass is 10.1. The first-order valence-electron chi connectivity index (χ1n) is 10.5. The van der Waals surface area contributed by atoms with Crippen LogP contribution in [0, 0.1) is 0 Å². The molecule has 33 heavy (non-hydrogen) atoms. The van der Waals surface area contributed by atoms with Gasteiger partial charge in [-0.3, -0.25) is 0 Å². The summed E-state index contributed by atoms with van der Waals surface area (Å²) in [5.41, 5.74) is 0. The molecule has 2 N–H and O–H groups in total. The van der Waals surface area contributed by atoms with E-state index in [9.17, 15) is 13.5 Å². The van der Waals surface area contributed by atoms with E-state index >= 15 is 0 Å². The number of rotatable bonds is 10. The number of methoxy groups -OCH3 is 2. The van der Waals surface area contributed by atoms with Crippen LogP contribution in [0.5, 0.6) is 17.2 Å². The lowest BCUT2D eigenvalue weighted by Crippen LogP contribution is -2.45. The summed E-state index contributed by atoms with van der Waals surface area (Å²) in [6.45, 7) is 1.67. The van der Waals surface area contributed by atoms with Crippen molar-refractivity contribution in [2.75, 3.05) is 40.4 Å². The molecule has 0 spiro atoms. The van der Waals surface area contributed by atoms with E-state index in [1.165, 1.54) is 26.4 Å². The van der Waals surface area contributed by atoms with Gasteiger partial charge in [-0.2, -0.15) is 0 Å². The molecule has 2 aromatic carbocycles. The molecule has 1 saturated heterocycles. The Morgan fingerprint density at radius 3 is 2.39 bits per heavy atom. The van der Waals surface area contributed by atoms with Crippen LogP contribution in [0.1, 0.15) is 12.8 Å². The Kier molecular flexibility index (Phi) is 9.09. The number of halogens is 2. The van der Waals surface area contributed by atoms with Gasteiger partial charge in [-0.15, -0.1) is 0 Å². The van der Waals surface area contributed by atoms with Crippen LogP contribution in [0.3, 0.4) is 0 Å². The molecule has 0 radical (unpaired) electrons. The highest BCUT2D eigenvalue weighted by Gasteiger charge is 2.25. The van der Waals surface area contributed by atoms with Gasteiger partial charge in [0.1, 0.15) is 28.2 Å². The van der Waals surface area contributed by atoms with Crippen LogP contribution in [0.2, 0.25) is 10.0 Å². The zero-order valence-corrected chi connectivity index (χ0v) is 20.8. The molecule has 0 saturated carbocycles. The Bertz CT molecular complexity index is 1050. The SMILES string of the molecule is COc1ccc(OC)c(S(=O)(=O)NC[C@H](O)CN2CCC(Oc3ccc(Cl)c(Cl)c3)CC2)c1. The maximum atomic E-state index is 12.7. The number of benzene rings is 2. The van der Waals surface area contributed by atoms with E-state index in [1.54, 1.807) is 24.3 Å². The number of nitrogens with zero attached hydrogens (tertiary/aromatic N) is 1. The molecule has 1 aliphatic heterocycles. The standard InChI is InChI=1S/C22H28Cl2N2O6S/c1-30-17-4-6-21(31-2)22(12-17)33(28,29)25-13-15(27)14-26-9-7-16(8-10-26)32-18-3-5-19(23)20(24)11-18/h3-6,11-12,15-16,25,27H,7-10,13-14H2,1-2H3/t15-/m0/s1. The van der Waals surface area contributed by atoms with E-state index < -0.39 is 16.1 Å². The molecule has 1 heterocycles. The van der Waals surface area contributed by atoms with E-state index in [1.807, 2.05) is 0 Å². The quantitative estimate of drug-likeness (QED) is 0.498. The highest BCUT2D eigenvalue weighted by molar-refractivity contribution is 7.89. The summed E-state index contributed by atoms with van der Waals surface area (Å²) in [4.78, 5) is 2.04. The zero-order chi connectivity index (χ0) is 24.0. The predicted octanol–water partition coefficient (Wildman–Crippen LogP) is 3.19. The number of β-amino-alcohol motifs (C(OH)–C–C–N with tert-alkyl or cyclic N) is 1. The Morgan fingerprint density at radius 2 is 1.76 bits per heavy atom. The molecule has 11 heteroatoms. The lowest BCUT2D eigenvalue weighted by molar-refractivity contribution is 0.0630. The Morgan fingerprint density at radius 1 is 1.06 bits per heavy atom. The maximum absolute atomic E-state index is 12.7. The van der Waals surface area contributed by atoms with Crippen molar-refractivity contribution in [1.29, 1.82) is 0 Å². The van der Waals surface area contributed by atoms with Crippen LogP contribution in [-0.4, -0.2) is 71.0 Å². The van der Waals surface area contributed by atoms with Crippen LogP contribution in [0.15, 0.2) is 41.3 Å². The zero-order valence-electron chi connectivity index (χ0n) is 18.5. The molecule has 1 fully saturated rings. The first-order valence-corrected chi connectivity index (χ1v) is 12.7. The first kappa shape index (κ1) is 25.9. The minimum Gasteiger partial charge on any atom is -0.497 e. The van der Waals surface area contributed by atoms with E-state index in [-0.39, 0.29) is 23.3 Å². The van der Waals surface area contributed by atoms with Gasteiger partial charge in [0.25, 0.3) is 0 Å². The van der Waals surface area contributed by atoms with Crippen molar-refractivity contribution in [3.05, 3.63) is 46.4 Å². The summed E-state index contributed by atoms with van der Waals surface area (Å²) in [7, 11) is -1.05. The number of piperidine rings is 1. The van der Waals surface area contributed by atoms with E-state index in [0.29, 0.717) is 28.1 Å². The molecule has 0 aliphatic carbocycles. The number of aliphatic hydroxyl groups excluding tert-OH is 1. The molecule has 0 amide bonds. The molecular formula is C22H28Cl2N2O6S. The monoisotopic (exact) mass is 518 g/mol. The number of sulfonamides is 1. The topological polar surface area (TPSA) is 97.3 Å². The van der Waals surface area contributed by atoms with Crippen molar-refractivity contribution >= 4 is 33.2 Å². The minimum absolute atomic E-state index is 0.0367. The average Bonchev–Trinajstić information content (AvgIpc) is 2.81. The minimum atomic E-state index is -3.90. The number of aliphatic hydroxyl groups is 1. The molecule has 8 nitrogen and oxygen atoms in total. The first-order chi connectivity index (χ1) is 15.7. The number of likely N-dealkylation sites (tertiary alicyclic amines) is 1. The predicted molar refractivity (Wildman–Crippen MR) is 127 cm³/mol. The fourth-order valence-corrected chi connectivity index (χ4v) is 5.14. The number of nitrogens with one attached hydrogen (secondary N) is 1. The van der Waals surface area contributed by atoms with Gasteiger partial charge in [-0.1, -0.05) is 23.2 Å². The van der Waals surface area contributed by atoms with Gasteiger partial charge in [-0.05, 0) is 37.1 Å². The summed E-state index contributed by atoms with van der Waals surface area (Å²) in [5, 5.41) is 11.3. The number of ether oxygens (including phenoxy) is 3. The third-order valence-corrected chi connectivity index (χ3v) is 7.55. The van der Waals surface area contributed by atoms with Crippen LogP contribution in [0.25, 0.3) is 0 Å². The van der Waals surface area contributed by atoms with E-state index in [2.05, 4.69) is 9.62 Å². The van der Waals surface area contributed by atoms with E-state index in [0.717, 1.165) is 25.9 Å². The fraction of sp³-hybridized carbons (Fsp3) is 0.455. The maximum Gasteiger partial charge on any atom is 0.244 e. The van der Waals surface area contributed by atoms with Crippen LogP contribution in [0.4, 0.5) is 0 Å². The van der Waals surface area contributed by atoms with Gasteiger partial charge in [0.15, 0.2) is 0 Å². The molecule has 3 rings (SSSR count). The van der Waals surface area contributed by atoms with Crippen molar-refractivity contribution in [2.24, 2.45) is 0 Å². The normalized spacial score (nSPS) is 16.4. The van der Waals surface area contributed by atoms with Crippen LogP contribution in [-0.2, 0) is 10.0 Å². The van der Waals surface area contributed by atoms with Crippen molar-refractivity contribution in [1.82, 2.24) is 9.62 Å². The molecule has 1 aliphatic rings. The molecule has 2 aromatic rings. The summed E-state index contributed by atoms with van der Waals surface area (Å²) in [6.07, 6.45) is 0.720. The van der Waals surface area contributed by atoms with E-state index in [4.69, 9.17) is 37.4 Å². The molecule has 0 unspecified atom stereocenters. The van der Waals surface area contributed by atoms with Crippen LogP contribution >= 0.6 is 23.2 Å².